The third-order valence-corrected chi connectivity index (χ3v) is 5.56. The molecular formula is C17H27NO2S. The lowest BCUT2D eigenvalue weighted by atomic mass is 9.77. The summed E-state index contributed by atoms with van der Waals surface area (Å²) in [6, 6.07) is 4.75. The molecule has 1 aliphatic rings. The maximum Gasteiger partial charge on any atom is 0.307 e. The molecule has 118 valence electrons. The van der Waals surface area contributed by atoms with E-state index in [1.54, 1.807) is 11.3 Å². The smallest absolute Gasteiger partial charge is 0.307 e. The van der Waals surface area contributed by atoms with Gasteiger partial charge in [-0.25, -0.2) is 0 Å². The highest BCUT2D eigenvalue weighted by molar-refractivity contribution is 7.10. The molecule has 0 aromatic carbocycles. The molecule has 0 spiro atoms. The molecule has 1 fully saturated rings. The molecule has 1 aromatic rings. The molecule has 1 saturated carbocycles. The van der Waals surface area contributed by atoms with Gasteiger partial charge in [-0.3, -0.25) is 4.79 Å². The van der Waals surface area contributed by atoms with E-state index in [1.807, 2.05) is 6.07 Å². The van der Waals surface area contributed by atoms with Crippen LogP contribution in [0, 0.1) is 11.8 Å². The van der Waals surface area contributed by atoms with Gasteiger partial charge >= 0.3 is 5.97 Å². The number of methoxy groups -OCH3 is 1. The van der Waals surface area contributed by atoms with Crippen LogP contribution in [-0.2, 0) is 9.53 Å². The van der Waals surface area contributed by atoms with Crippen LogP contribution >= 0.6 is 11.3 Å². The summed E-state index contributed by atoms with van der Waals surface area (Å²) in [7, 11) is 1.46. The molecule has 2 rings (SSSR count). The maximum atomic E-state index is 11.7. The number of carbonyl (C=O) groups excluding carboxylic acids is 1. The number of rotatable bonds is 6. The standard InChI is InChI=1S/C17H27NO2S/c1-12(2)13-7-4-5-8-14(13)18-15(11-17(19)20-3)16-9-6-10-21-16/h6,9-10,12-15,18H,4-5,7-8,11H2,1-3H3. The molecule has 3 atom stereocenters. The summed E-state index contributed by atoms with van der Waals surface area (Å²) < 4.78 is 4.87. The molecule has 1 N–H and O–H groups in total. The second-order valence-corrected chi connectivity index (χ2v) is 7.29. The highest BCUT2D eigenvalue weighted by Crippen LogP contribution is 2.33. The average Bonchev–Trinajstić information content (AvgIpc) is 3.01. The van der Waals surface area contributed by atoms with Crippen LogP contribution in [0.2, 0.25) is 0 Å². The first-order valence-electron chi connectivity index (χ1n) is 7.98. The van der Waals surface area contributed by atoms with Crippen molar-refractivity contribution in [3.8, 4) is 0 Å². The topological polar surface area (TPSA) is 38.3 Å². The van der Waals surface area contributed by atoms with Crippen LogP contribution in [0.1, 0.15) is 56.9 Å². The second-order valence-electron chi connectivity index (χ2n) is 6.31. The molecule has 0 bridgehead atoms. The number of nitrogens with one attached hydrogen (secondary N) is 1. The largest absolute Gasteiger partial charge is 0.469 e. The first-order valence-corrected chi connectivity index (χ1v) is 8.86. The summed E-state index contributed by atoms with van der Waals surface area (Å²) in [6.07, 6.45) is 5.55. The van der Waals surface area contributed by atoms with E-state index in [1.165, 1.54) is 37.7 Å². The average molecular weight is 309 g/mol. The lowest BCUT2D eigenvalue weighted by molar-refractivity contribution is -0.141. The zero-order valence-electron chi connectivity index (χ0n) is 13.3. The van der Waals surface area contributed by atoms with Crippen molar-refractivity contribution in [3.05, 3.63) is 22.4 Å². The Labute approximate surface area is 132 Å². The summed E-state index contributed by atoms with van der Waals surface area (Å²) in [5.41, 5.74) is 0. The van der Waals surface area contributed by atoms with Crippen LogP contribution in [0.3, 0.4) is 0 Å². The summed E-state index contributed by atoms with van der Waals surface area (Å²) in [6.45, 7) is 4.62. The van der Waals surface area contributed by atoms with Crippen LogP contribution in [0.4, 0.5) is 0 Å². The molecule has 3 nitrogen and oxygen atoms in total. The lowest BCUT2D eigenvalue weighted by Gasteiger charge is -2.37. The number of esters is 1. The Balaban J connectivity index is 2.08. The lowest BCUT2D eigenvalue weighted by Crippen LogP contribution is -2.43. The van der Waals surface area contributed by atoms with Crippen molar-refractivity contribution < 1.29 is 9.53 Å². The Morgan fingerprint density at radius 3 is 2.81 bits per heavy atom. The van der Waals surface area contributed by atoms with Gasteiger partial charge in [-0.15, -0.1) is 11.3 Å². The SMILES string of the molecule is COC(=O)CC(NC1CCCCC1C(C)C)c1cccs1. The van der Waals surface area contributed by atoms with Crippen LogP contribution in [0.15, 0.2) is 17.5 Å². The number of hydrogen-bond donors (Lipinski definition) is 1. The van der Waals surface area contributed by atoms with Gasteiger partial charge in [-0.05, 0) is 36.1 Å². The minimum atomic E-state index is -0.141. The van der Waals surface area contributed by atoms with Crippen molar-refractivity contribution in [2.45, 2.75) is 58.0 Å². The van der Waals surface area contributed by atoms with E-state index in [4.69, 9.17) is 4.74 Å². The van der Waals surface area contributed by atoms with Crippen molar-refractivity contribution in [1.82, 2.24) is 5.32 Å². The fourth-order valence-electron chi connectivity index (χ4n) is 3.40. The number of thiophene rings is 1. The van der Waals surface area contributed by atoms with Crippen molar-refractivity contribution in [2.75, 3.05) is 7.11 Å². The third kappa shape index (κ3) is 4.55. The summed E-state index contributed by atoms with van der Waals surface area (Å²) in [5.74, 6) is 1.25. The molecule has 1 heterocycles. The molecule has 0 aliphatic heterocycles. The first-order chi connectivity index (χ1) is 10.1. The van der Waals surface area contributed by atoms with Gasteiger partial charge in [0.2, 0.25) is 0 Å². The summed E-state index contributed by atoms with van der Waals surface area (Å²) in [4.78, 5) is 12.9. The Bertz CT molecular complexity index is 430. The van der Waals surface area contributed by atoms with E-state index in [0.717, 1.165) is 0 Å². The minimum Gasteiger partial charge on any atom is -0.469 e. The molecule has 1 aromatic heterocycles. The van der Waals surface area contributed by atoms with Gasteiger partial charge in [0.1, 0.15) is 0 Å². The minimum absolute atomic E-state index is 0.0850. The van der Waals surface area contributed by atoms with Gasteiger partial charge in [0, 0.05) is 10.9 Å². The number of ether oxygens (including phenoxy) is 1. The van der Waals surface area contributed by atoms with Crippen LogP contribution in [0.25, 0.3) is 0 Å². The van der Waals surface area contributed by atoms with Gasteiger partial charge in [-0.1, -0.05) is 32.8 Å². The van der Waals surface area contributed by atoms with Crippen molar-refractivity contribution in [2.24, 2.45) is 11.8 Å². The van der Waals surface area contributed by atoms with Gasteiger partial charge in [0.25, 0.3) is 0 Å². The summed E-state index contributed by atoms with van der Waals surface area (Å²) >= 11 is 1.71. The van der Waals surface area contributed by atoms with E-state index in [2.05, 4.69) is 30.6 Å². The van der Waals surface area contributed by atoms with E-state index in [9.17, 15) is 4.79 Å². The predicted molar refractivity (Wildman–Crippen MR) is 87.4 cm³/mol. The Hall–Kier alpha value is -0.870. The molecule has 0 radical (unpaired) electrons. The van der Waals surface area contributed by atoms with Gasteiger partial charge in [-0.2, -0.15) is 0 Å². The molecule has 0 saturated heterocycles. The van der Waals surface area contributed by atoms with Gasteiger partial charge in [0.05, 0.1) is 19.6 Å². The fourth-order valence-corrected chi connectivity index (χ4v) is 4.19. The van der Waals surface area contributed by atoms with Gasteiger partial charge in [0.15, 0.2) is 0 Å². The molecule has 21 heavy (non-hydrogen) atoms. The van der Waals surface area contributed by atoms with Crippen molar-refractivity contribution in [1.29, 1.82) is 0 Å². The monoisotopic (exact) mass is 309 g/mol. The maximum absolute atomic E-state index is 11.7. The Kier molecular flexibility index (Phi) is 6.24. The van der Waals surface area contributed by atoms with E-state index < -0.39 is 0 Å². The van der Waals surface area contributed by atoms with Crippen molar-refractivity contribution in [3.63, 3.8) is 0 Å². The Morgan fingerprint density at radius 2 is 2.19 bits per heavy atom. The zero-order valence-corrected chi connectivity index (χ0v) is 14.1. The normalized spacial score (nSPS) is 24.0. The first kappa shape index (κ1) is 16.5. The molecule has 4 heteroatoms. The van der Waals surface area contributed by atoms with Crippen LogP contribution in [-0.4, -0.2) is 19.1 Å². The number of hydrogen-bond acceptors (Lipinski definition) is 4. The quantitative estimate of drug-likeness (QED) is 0.802. The molecule has 3 unspecified atom stereocenters. The highest BCUT2D eigenvalue weighted by atomic mass is 32.1. The van der Waals surface area contributed by atoms with Gasteiger partial charge < -0.3 is 10.1 Å². The second kappa shape index (κ2) is 7.95. The highest BCUT2D eigenvalue weighted by Gasteiger charge is 2.30. The molecular weight excluding hydrogens is 282 g/mol. The predicted octanol–water partition coefficient (Wildman–Crippen LogP) is 4.16. The fraction of sp³-hybridized carbons (Fsp3) is 0.706. The Morgan fingerprint density at radius 1 is 1.43 bits per heavy atom. The van der Waals surface area contributed by atoms with Crippen LogP contribution in [0.5, 0.6) is 0 Å². The van der Waals surface area contributed by atoms with Crippen molar-refractivity contribution >= 4 is 17.3 Å². The molecule has 0 amide bonds. The third-order valence-electron chi connectivity index (χ3n) is 4.58. The number of carbonyl (C=O) groups is 1. The zero-order chi connectivity index (χ0) is 15.2. The van der Waals surface area contributed by atoms with E-state index >= 15 is 0 Å². The van der Waals surface area contributed by atoms with Crippen LogP contribution < -0.4 is 5.32 Å². The molecule has 1 aliphatic carbocycles. The van der Waals surface area contributed by atoms with E-state index in [-0.39, 0.29) is 12.0 Å². The summed E-state index contributed by atoms with van der Waals surface area (Å²) in [5, 5.41) is 5.84. The van der Waals surface area contributed by atoms with E-state index in [0.29, 0.717) is 24.3 Å².